The monoisotopic (exact) mass is 139 g/mol. The molecule has 0 unspecified atom stereocenters. The summed E-state index contributed by atoms with van der Waals surface area (Å²) in [6.07, 6.45) is 5.90. The van der Waals surface area contributed by atoms with E-state index < -0.39 is 0 Å². The predicted octanol–water partition coefficient (Wildman–Crippen LogP) is 1.07. The molecular weight excluding hydrogens is 126 g/mol. The van der Waals surface area contributed by atoms with Crippen molar-refractivity contribution in [3.05, 3.63) is 0 Å². The van der Waals surface area contributed by atoms with Crippen molar-refractivity contribution in [2.24, 2.45) is 5.92 Å². The number of carbonyl (C=O) groups is 1. The van der Waals surface area contributed by atoms with Gasteiger partial charge in [-0.1, -0.05) is 6.42 Å². The van der Waals surface area contributed by atoms with Gasteiger partial charge >= 0.3 is 0 Å². The third-order valence-electron chi connectivity index (χ3n) is 2.75. The lowest BCUT2D eigenvalue weighted by Gasteiger charge is -2.30. The maximum absolute atomic E-state index is 10.8. The van der Waals surface area contributed by atoms with E-state index in [1.54, 1.807) is 0 Å². The highest BCUT2D eigenvalue weighted by atomic mass is 16.1. The largest absolute Gasteiger partial charge is 0.353 e. The molecule has 0 bridgehead atoms. The molecule has 10 heavy (non-hydrogen) atoms. The summed E-state index contributed by atoms with van der Waals surface area (Å²) in [6, 6.07) is 0.543. The normalized spacial score (nSPS) is 33.6. The van der Waals surface area contributed by atoms with Gasteiger partial charge in [0.05, 0.1) is 0 Å². The first-order valence-electron chi connectivity index (χ1n) is 4.15. The van der Waals surface area contributed by atoms with E-state index in [-0.39, 0.29) is 5.91 Å². The van der Waals surface area contributed by atoms with Gasteiger partial charge in [-0.25, -0.2) is 0 Å². The first kappa shape index (κ1) is 6.20. The molecule has 0 radical (unpaired) electrons. The van der Waals surface area contributed by atoms with Crippen LogP contribution in [0.2, 0.25) is 0 Å². The molecule has 2 fully saturated rings. The number of hydrogen-bond acceptors (Lipinski definition) is 1. The fourth-order valence-corrected chi connectivity index (χ4v) is 1.83. The summed E-state index contributed by atoms with van der Waals surface area (Å²) in [4.78, 5) is 10.8. The van der Waals surface area contributed by atoms with E-state index in [4.69, 9.17) is 0 Å². The Kier molecular flexibility index (Phi) is 1.40. The number of hydrogen-bond donors (Lipinski definition) is 1. The number of rotatable bonds is 1. The minimum atomic E-state index is 0.261. The molecule has 1 aliphatic carbocycles. The molecule has 1 heterocycles. The Balaban J connectivity index is 1.88. The van der Waals surface area contributed by atoms with Crippen molar-refractivity contribution >= 4 is 5.91 Å². The second-order valence-corrected chi connectivity index (χ2v) is 3.40. The Hall–Kier alpha value is -0.530. The first-order valence-corrected chi connectivity index (χ1v) is 4.15. The van der Waals surface area contributed by atoms with Gasteiger partial charge in [0.15, 0.2) is 0 Å². The summed E-state index contributed by atoms with van der Waals surface area (Å²) in [5.41, 5.74) is 0. The molecule has 0 aromatic rings. The average Bonchev–Trinajstić information content (AvgIpc) is 2.10. The van der Waals surface area contributed by atoms with Gasteiger partial charge < -0.3 is 5.32 Å². The summed E-state index contributed by atoms with van der Waals surface area (Å²) in [5, 5.41) is 3.02. The first-order chi connectivity index (χ1) is 4.86. The van der Waals surface area contributed by atoms with Crippen LogP contribution in [-0.4, -0.2) is 11.9 Å². The van der Waals surface area contributed by atoms with Crippen molar-refractivity contribution < 1.29 is 4.79 Å². The minimum absolute atomic E-state index is 0.261. The van der Waals surface area contributed by atoms with Crippen molar-refractivity contribution in [1.29, 1.82) is 0 Å². The molecule has 2 aliphatic rings. The molecule has 1 saturated heterocycles. The molecule has 0 aromatic heterocycles. The van der Waals surface area contributed by atoms with E-state index >= 15 is 0 Å². The Morgan fingerprint density at radius 3 is 2.50 bits per heavy atom. The van der Waals surface area contributed by atoms with Gasteiger partial charge in [0.25, 0.3) is 0 Å². The molecule has 1 aliphatic heterocycles. The fourth-order valence-electron chi connectivity index (χ4n) is 1.83. The number of amides is 1. The van der Waals surface area contributed by atoms with Crippen LogP contribution in [-0.2, 0) is 4.79 Å². The quantitative estimate of drug-likeness (QED) is 0.578. The topological polar surface area (TPSA) is 29.1 Å². The predicted molar refractivity (Wildman–Crippen MR) is 38.5 cm³/mol. The van der Waals surface area contributed by atoms with E-state index in [9.17, 15) is 4.79 Å². The summed E-state index contributed by atoms with van der Waals surface area (Å²) >= 11 is 0. The third-order valence-corrected chi connectivity index (χ3v) is 2.75. The molecule has 56 valence electrons. The molecule has 2 heteroatoms. The minimum Gasteiger partial charge on any atom is -0.353 e. The maximum Gasteiger partial charge on any atom is 0.220 e. The number of carbonyl (C=O) groups excluding carboxylic acids is 1. The standard InChI is InChI=1S/C8H13NO/c10-8-5-4-7(9-8)6-2-1-3-6/h6-7H,1-5H2,(H,9,10)/t7-/m0/s1. The van der Waals surface area contributed by atoms with Crippen LogP contribution in [0, 0.1) is 5.92 Å². The molecule has 1 amide bonds. The molecule has 1 saturated carbocycles. The fraction of sp³-hybridized carbons (Fsp3) is 0.875. The van der Waals surface area contributed by atoms with Crippen molar-refractivity contribution in [3.63, 3.8) is 0 Å². The van der Waals surface area contributed by atoms with E-state index in [1.807, 2.05) is 0 Å². The third kappa shape index (κ3) is 0.917. The summed E-state index contributed by atoms with van der Waals surface area (Å²) in [6.45, 7) is 0. The van der Waals surface area contributed by atoms with E-state index in [0.29, 0.717) is 6.04 Å². The van der Waals surface area contributed by atoms with Gasteiger partial charge in [0.2, 0.25) is 5.91 Å². The second-order valence-electron chi connectivity index (χ2n) is 3.40. The molecule has 0 spiro atoms. The Labute approximate surface area is 61.0 Å². The van der Waals surface area contributed by atoms with Crippen LogP contribution >= 0.6 is 0 Å². The van der Waals surface area contributed by atoms with E-state index in [2.05, 4.69) is 5.32 Å². The highest BCUT2D eigenvalue weighted by molar-refractivity contribution is 5.78. The van der Waals surface area contributed by atoms with Crippen LogP contribution in [0.4, 0.5) is 0 Å². The maximum atomic E-state index is 10.8. The van der Waals surface area contributed by atoms with Crippen LogP contribution in [0.5, 0.6) is 0 Å². The highest BCUT2D eigenvalue weighted by Gasteiger charge is 2.31. The van der Waals surface area contributed by atoms with Crippen LogP contribution in [0.15, 0.2) is 0 Å². The molecule has 1 atom stereocenters. The van der Waals surface area contributed by atoms with Crippen LogP contribution in [0.1, 0.15) is 32.1 Å². The Bertz CT molecular complexity index is 151. The van der Waals surface area contributed by atoms with Crippen LogP contribution in [0.25, 0.3) is 0 Å². The lowest BCUT2D eigenvalue weighted by Crippen LogP contribution is -2.36. The summed E-state index contributed by atoms with van der Waals surface area (Å²) < 4.78 is 0. The van der Waals surface area contributed by atoms with E-state index in [0.717, 1.165) is 18.8 Å². The van der Waals surface area contributed by atoms with Crippen molar-refractivity contribution in [2.75, 3.05) is 0 Å². The lowest BCUT2D eigenvalue weighted by atomic mass is 9.79. The van der Waals surface area contributed by atoms with Crippen molar-refractivity contribution in [1.82, 2.24) is 5.32 Å². The van der Waals surface area contributed by atoms with Crippen LogP contribution in [0.3, 0.4) is 0 Å². The van der Waals surface area contributed by atoms with Gasteiger partial charge in [-0.15, -0.1) is 0 Å². The van der Waals surface area contributed by atoms with Gasteiger partial charge in [-0.3, -0.25) is 4.79 Å². The molecule has 2 rings (SSSR count). The van der Waals surface area contributed by atoms with Gasteiger partial charge in [0.1, 0.15) is 0 Å². The molecule has 0 aromatic carbocycles. The summed E-state index contributed by atoms with van der Waals surface area (Å²) in [7, 11) is 0. The lowest BCUT2D eigenvalue weighted by molar-refractivity contribution is -0.119. The molecule has 2 nitrogen and oxygen atoms in total. The number of nitrogens with one attached hydrogen (secondary N) is 1. The van der Waals surface area contributed by atoms with Crippen LogP contribution < -0.4 is 5.32 Å². The van der Waals surface area contributed by atoms with Crippen molar-refractivity contribution in [2.45, 2.75) is 38.1 Å². The smallest absolute Gasteiger partial charge is 0.220 e. The second kappa shape index (κ2) is 2.26. The Morgan fingerprint density at radius 1 is 1.30 bits per heavy atom. The van der Waals surface area contributed by atoms with Crippen molar-refractivity contribution in [3.8, 4) is 0 Å². The molecule has 1 N–H and O–H groups in total. The van der Waals surface area contributed by atoms with Gasteiger partial charge in [-0.2, -0.15) is 0 Å². The Morgan fingerprint density at radius 2 is 2.10 bits per heavy atom. The van der Waals surface area contributed by atoms with Gasteiger partial charge in [-0.05, 0) is 25.2 Å². The SMILES string of the molecule is O=C1CC[C@@H](C2CCC2)N1. The average molecular weight is 139 g/mol. The zero-order valence-corrected chi connectivity index (χ0v) is 6.10. The van der Waals surface area contributed by atoms with E-state index in [1.165, 1.54) is 19.3 Å². The molecular formula is C8H13NO. The zero-order valence-electron chi connectivity index (χ0n) is 6.10. The van der Waals surface area contributed by atoms with Gasteiger partial charge in [0, 0.05) is 12.5 Å². The zero-order chi connectivity index (χ0) is 6.97. The highest BCUT2D eigenvalue weighted by Crippen LogP contribution is 2.32. The summed E-state index contributed by atoms with van der Waals surface area (Å²) in [5.74, 6) is 1.09.